The largest absolute Gasteiger partial charge is 0.347 e. The molecule has 1 unspecified atom stereocenters. The fourth-order valence-electron chi connectivity index (χ4n) is 3.34. The molecule has 0 bridgehead atoms. The number of hydrogen-bond donors (Lipinski definition) is 1. The summed E-state index contributed by atoms with van der Waals surface area (Å²) in [7, 11) is 0. The van der Waals surface area contributed by atoms with Crippen LogP contribution in [0.5, 0.6) is 0 Å². The first kappa shape index (κ1) is 20.7. The lowest BCUT2D eigenvalue weighted by Crippen LogP contribution is -2.36. The van der Waals surface area contributed by atoms with Gasteiger partial charge in [0.2, 0.25) is 5.91 Å². The van der Waals surface area contributed by atoms with Gasteiger partial charge < -0.3 is 5.32 Å². The topological polar surface area (TPSA) is 64.0 Å². The number of aromatic nitrogens is 2. The van der Waals surface area contributed by atoms with Crippen molar-refractivity contribution < 1.29 is 9.18 Å². The molecule has 0 aliphatic rings. The summed E-state index contributed by atoms with van der Waals surface area (Å²) in [6, 6.07) is 11.9. The van der Waals surface area contributed by atoms with Crippen LogP contribution in [0.25, 0.3) is 10.9 Å². The van der Waals surface area contributed by atoms with Gasteiger partial charge in [-0.3, -0.25) is 14.2 Å². The molecule has 3 rings (SSSR count). The third-order valence-electron chi connectivity index (χ3n) is 5.05. The maximum atomic E-state index is 13.5. The van der Waals surface area contributed by atoms with Gasteiger partial charge in [-0.25, -0.2) is 9.37 Å². The highest BCUT2D eigenvalue weighted by Gasteiger charge is 2.19. The van der Waals surface area contributed by atoms with E-state index in [-0.39, 0.29) is 29.8 Å². The maximum Gasteiger partial charge on any atom is 0.261 e. The molecular weight excluding hydrogens is 369 g/mol. The van der Waals surface area contributed by atoms with Gasteiger partial charge in [-0.2, -0.15) is 0 Å². The molecule has 0 saturated carbocycles. The molecule has 0 aliphatic carbocycles. The first-order valence-corrected chi connectivity index (χ1v) is 9.80. The fraction of sp³-hybridized carbons (Fsp3) is 0.348. The van der Waals surface area contributed by atoms with Crippen LogP contribution in [0, 0.1) is 11.7 Å². The normalized spacial score (nSPS) is 12.5. The zero-order chi connectivity index (χ0) is 21.1. The highest BCUT2D eigenvalue weighted by atomic mass is 19.1. The van der Waals surface area contributed by atoms with Crippen LogP contribution >= 0.6 is 0 Å². The van der Waals surface area contributed by atoms with Crippen molar-refractivity contribution in [3.63, 3.8) is 0 Å². The Morgan fingerprint density at radius 3 is 2.34 bits per heavy atom. The van der Waals surface area contributed by atoms with E-state index in [1.54, 1.807) is 0 Å². The van der Waals surface area contributed by atoms with Crippen molar-refractivity contribution in [2.24, 2.45) is 5.92 Å². The monoisotopic (exact) mass is 395 g/mol. The molecule has 2 aromatic carbocycles. The number of halogens is 1. The standard InChI is InChI=1S/C23H26FN3O2/c1-14(2)16-5-7-17(8-6-16)22(15(3)4)26-21(28)12-27-13-25-20-10-9-18(24)11-19(20)23(27)29/h5-11,13-15,22H,12H2,1-4H3,(H,26,28). The van der Waals surface area contributed by atoms with E-state index < -0.39 is 11.4 Å². The minimum Gasteiger partial charge on any atom is -0.347 e. The average Bonchev–Trinajstić information content (AvgIpc) is 2.68. The Bertz CT molecular complexity index is 1070. The highest BCUT2D eigenvalue weighted by Crippen LogP contribution is 2.24. The van der Waals surface area contributed by atoms with E-state index in [1.807, 2.05) is 26.0 Å². The van der Waals surface area contributed by atoms with Crippen molar-refractivity contribution in [3.8, 4) is 0 Å². The molecule has 152 valence electrons. The van der Waals surface area contributed by atoms with Crippen LogP contribution in [0.2, 0.25) is 0 Å². The molecule has 0 fully saturated rings. The third kappa shape index (κ3) is 4.70. The maximum absolute atomic E-state index is 13.5. The summed E-state index contributed by atoms with van der Waals surface area (Å²) in [5, 5.41) is 3.17. The van der Waals surface area contributed by atoms with Crippen molar-refractivity contribution in [2.75, 3.05) is 0 Å². The van der Waals surface area contributed by atoms with E-state index in [4.69, 9.17) is 0 Å². The van der Waals surface area contributed by atoms with E-state index in [0.717, 1.165) is 11.6 Å². The minimum atomic E-state index is -0.511. The lowest BCUT2D eigenvalue weighted by Gasteiger charge is -2.23. The number of benzene rings is 2. The zero-order valence-electron chi connectivity index (χ0n) is 17.1. The molecule has 0 aliphatic heterocycles. The van der Waals surface area contributed by atoms with Crippen LogP contribution in [0.15, 0.2) is 53.6 Å². The van der Waals surface area contributed by atoms with Crippen LogP contribution in [0.1, 0.15) is 50.8 Å². The van der Waals surface area contributed by atoms with Crippen LogP contribution < -0.4 is 10.9 Å². The van der Waals surface area contributed by atoms with Gasteiger partial charge in [0, 0.05) is 0 Å². The molecule has 6 heteroatoms. The summed E-state index contributed by atoms with van der Waals surface area (Å²) in [5.41, 5.74) is 2.22. The molecule has 0 spiro atoms. The second-order valence-corrected chi connectivity index (χ2v) is 7.95. The molecule has 1 atom stereocenters. The lowest BCUT2D eigenvalue weighted by molar-refractivity contribution is -0.122. The molecule has 1 heterocycles. The smallest absolute Gasteiger partial charge is 0.261 e. The quantitative estimate of drug-likeness (QED) is 0.681. The molecule has 1 aromatic heterocycles. The molecule has 1 N–H and O–H groups in total. The van der Waals surface area contributed by atoms with Crippen molar-refractivity contribution in [1.29, 1.82) is 0 Å². The van der Waals surface area contributed by atoms with Gasteiger partial charge in [0.15, 0.2) is 0 Å². The lowest BCUT2D eigenvalue weighted by atomic mass is 9.93. The third-order valence-corrected chi connectivity index (χ3v) is 5.05. The summed E-state index contributed by atoms with van der Waals surface area (Å²) in [5.74, 6) is -0.197. The van der Waals surface area contributed by atoms with Crippen molar-refractivity contribution >= 4 is 16.8 Å². The number of nitrogens with zero attached hydrogens (tertiary/aromatic N) is 2. The number of amides is 1. The first-order valence-electron chi connectivity index (χ1n) is 9.80. The summed E-state index contributed by atoms with van der Waals surface area (Å²) in [6.45, 7) is 8.17. The molecule has 0 saturated heterocycles. The van der Waals surface area contributed by atoms with Gasteiger partial charge >= 0.3 is 0 Å². The Morgan fingerprint density at radius 2 is 1.72 bits per heavy atom. The van der Waals surface area contributed by atoms with Gasteiger partial charge in [0.25, 0.3) is 5.56 Å². The summed E-state index contributed by atoms with van der Waals surface area (Å²) in [6.07, 6.45) is 1.32. The number of nitrogens with one attached hydrogen (secondary N) is 1. The van der Waals surface area contributed by atoms with E-state index in [2.05, 4.69) is 36.3 Å². The summed E-state index contributed by atoms with van der Waals surface area (Å²) in [4.78, 5) is 29.4. The highest BCUT2D eigenvalue weighted by molar-refractivity contribution is 5.79. The molecule has 1 amide bonds. The van der Waals surface area contributed by atoms with E-state index in [9.17, 15) is 14.0 Å². The Kier molecular flexibility index (Phi) is 6.11. The Labute approximate surface area is 169 Å². The molecule has 5 nitrogen and oxygen atoms in total. The Morgan fingerprint density at radius 1 is 1.07 bits per heavy atom. The zero-order valence-corrected chi connectivity index (χ0v) is 17.1. The minimum absolute atomic E-state index is 0.157. The molecular formula is C23H26FN3O2. The number of fused-ring (bicyclic) bond motifs is 1. The number of hydrogen-bond acceptors (Lipinski definition) is 3. The molecule has 29 heavy (non-hydrogen) atoms. The van der Waals surface area contributed by atoms with Gasteiger partial charge in [-0.05, 0) is 41.2 Å². The average molecular weight is 395 g/mol. The second kappa shape index (κ2) is 8.55. The van der Waals surface area contributed by atoms with Crippen molar-refractivity contribution in [2.45, 2.75) is 46.2 Å². The van der Waals surface area contributed by atoms with E-state index in [1.165, 1.54) is 28.6 Å². The van der Waals surface area contributed by atoms with Crippen LogP contribution in [-0.4, -0.2) is 15.5 Å². The van der Waals surface area contributed by atoms with Gasteiger partial charge in [-0.15, -0.1) is 0 Å². The number of rotatable bonds is 6. The van der Waals surface area contributed by atoms with Crippen LogP contribution in [0.4, 0.5) is 4.39 Å². The Balaban J connectivity index is 1.80. The van der Waals surface area contributed by atoms with E-state index in [0.29, 0.717) is 11.4 Å². The van der Waals surface area contributed by atoms with Crippen molar-refractivity contribution in [1.82, 2.24) is 14.9 Å². The van der Waals surface area contributed by atoms with Crippen LogP contribution in [0.3, 0.4) is 0 Å². The van der Waals surface area contributed by atoms with Gasteiger partial charge in [-0.1, -0.05) is 52.0 Å². The number of carbonyl (C=O) groups excluding carboxylic acids is 1. The Hall–Kier alpha value is -3.02. The van der Waals surface area contributed by atoms with Crippen molar-refractivity contribution in [3.05, 3.63) is 76.1 Å². The first-order chi connectivity index (χ1) is 13.8. The predicted octanol–water partition coefficient (Wildman–Crippen LogP) is 4.17. The van der Waals surface area contributed by atoms with Crippen LogP contribution in [-0.2, 0) is 11.3 Å². The fourth-order valence-corrected chi connectivity index (χ4v) is 3.34. The number of carbonyl (C=O) groups is 1. The summed E-state index contributed by atoms with van der Waals surface area (Å²) < 4.78 is 14.7. The van der Waals surface area contributed by atoms with E-state index >= 15 is 0 Å². The SMILES string of the molecule is CC(C)c1ccc(C(NC(=O)Cn2cnc3ccc(F)cc3c2=O)C(C)C)cc1. The van der Waals surface area contributed by atoms with Gasteiger partial charge in [0.05, 0.1) is 23.3 Å². The predicted molar refractivity (Wildman–Crippen MR) is 112 cm³/mol. The summed E-state index contributed by atoms with van der Waals surface area (Å²) >= 11 is 0. The molecule has 3 aromatic rings. The van der Waals surface area contributed by atoms with Gasteiger partial charge in [0.1, 0.15) is 12.4 Å². The second-order valence-electron chi connectivity index (χ2n) is 7.95. The molecule has 0 radical (unpaired) electrons.